The molecule has 0 saturated carbocycles. The van der Waals surface area contributed by atoms with Crippen molar-refractivity contribution in [3.05, 3.63) is 34.4 Å². The van der Waals surface area contributed by atoms with Gasteiger partial charge in [-0.3, -0.25) is 0 Å². The van der Waals surface area contributed by atoms with Crippen molar-refractivity contribution in [3.63, 3.8) is 0 Å². The van der Waals surface area contributed by atoms with Gasteiger partial charge in [0.25, 0.3) is 0 Å². The summed E-state index contributed by atoms with van der Waals surface area (Å²) in [7, 11) is 0. The summed E-state index contributed by atoms with van der Waals surface area (Å²) in [6.07, 6.45) is -27.5. The van der Waals surface area contributed by atoms with Gasteiger partial charge in [-0.15, -0.1) is 0 Å². The van der Waals surface area contributed by atoms with Gasteiger partial charge >= 0.3 is 71.8 Å². The average molecular weight is 774 g/mol. The summed E-state index contributed by atoms with van der Waals surface area (Å²) in [4.78, 5) is 0. The summed E-state index contributed by atoms with van der Waals surface area (Å²) in [6.45, 7) is 0.370. The van der Waals surface area contributed by atoms with Crippen LogP contribution in [0.1, 0.15) is 35.6 Å². The predicted octanol–water partition coefficient (Wildman–Crippen LogP) is 11.4. The molecule has 0 amide bonds. The molecule has 0 fully saturated rings. The number of hydrogen-bond donors (Lipinski definition) is 0. The van der Waals surface area contributed by atoms with Gasteiger partial charge < -0.3 is 0 Å². The van der Waals surface area contributed by atoms with Gasteiger partial charge in [-0.1, -0.05) is 13.3 Å². The molecule has 1 aromatic rings. The molecule has 1 rings (SSSR count). The van der Waals surface area contributed by atoms with E-state index in [0.29, 0.717) is 6.92 Å². The van der Waals surface area contributed by atoms with Crippen LogP contribution in [0.4, 0.5) is 119 Å². The first-order valence-corrected chi connectivity index (χ1v) is 11.3. The van der Waals surface area contributed by atoms with Crippen LogP contribution < -0.4 is 0 Å². The zero-order chi connectivity index (χ0) is 39.1. The Morgan fingerprint density at radius 1 is 0.354 bits per heavy atom. The monoisotopic (exact) mass is 774 g/mol. The fraction of sp³-hybridized carbons (Fsp3) is 0.714. The Bertz CT molecular complexity index is 1250. The number of benzene rings is 1. The van der Waals surface area contributed by atoms with E-state index in [2.05, 4.69) is 0 Å². The zero-order valence-electron chi connectivity index (χ0n) is 21.8. The highest BCUT2D eigenvalue weighted by Gasteiger charge is 2.85. The molecular weight excluding hydrogens is 765 g/mol. The second kappa shape index (κ2) is 11.4. The van der Waals surface area contributed by atoms with Gasteiger partial charge in [-0.05, 0) is 24.1 Å². The maximum absolute atomic E-state index is 14.9. The number of alkyl halides is 27. The van der Waals surface area contributed by atoms with Crippen LogP contribution in [0.3, 0.4) is 0 Å². The standard InChI is InChI=1S/C21H9F27/c1-2-3-7-8(11(24,25)14(30,31)17(36,37)20(43,44)45)4-6(10(22,23)13(28,29)16(34,35)19(40,41)42)5-9(7)12(26,27)15(32,33)18(38,39)21(46,47)48/h4-5H,2-3H2,1H3. The van der Waals surface area contributed by atoms with Crippen molar-refractivity contribution in [3.8, 4) is 0 Å². The third-order valence-corrected chi connectivity index (χ3v) is 6.22. The van der Waals surface area contributed by atoms with Crippen molar-refractivity contribution in [2.24, 2.45) is 0 Å². The Balaban J connectivity index is 4.74. The number of rotatable bonds is 11. The van der Waals surface area contributed by atoms with E-state index in [1.54, 1.807) is 0 Å². The van der Waals surface area contributed by atoms with Crippen LogP contribution in [0.5, 0.6) is 0 Å². The fourth-order valence-electron chi connectivity index (χ4n) is 3.58. The predicted molar refractivity (Wildman–Crippen MR) is 100.0 cm³/mol. The maximum atomic E-state index is 14.9. The van der Waals surface area contributed by atoms with Gasteiger partial charge in [0, 0.05) is 16.7 Å². The lowest BCUT2D eigenvalue weighted by molar-refractivity contribution is -0.401. The van der Waals surface area contributed by atoms with Crippen LogP contribution in [0.15, 0.2) is 12.1 Å². The molecule has 1 aromatic carbocycles. The summed E-state index contributed by atoms with van der Waals surface area (Å²) < 4.78 is 367. The minimum atomic E-state index is -8.31. The summed E-state index contributed by atoms with van der Waals surface area (Å²) in [5, 5.41) is 0. The highest BCUT2D eigenvalue weighted by molar-refractivity contribution is 5.48. The molecule has 0 spiro atoms. The minimum absolute atomic E-state index is 0.370. The van der Waals surface area contributed by atoms with Gasteiger partial charge in [0.15, 0.2) is 0 Å². The van der Waals surface area contributed by atoms with E-state index in [1.165, 1.54) is 0 Å². The number of hydrogen-bond acceptors (Lipinski definition) is 0. The molecule has 0 unspecified atom stereocenters. The van der Waals surface area contributed by atoms with E-state index in [0.717, 1.165) is 0 Å². The Morgan fingerprint density at radius 2 is 0.583 bits per heavy atom. The van der Waals surface area contributed by atoms with E-state index in [4.69, 9.17) is 0 Å². The van der Waals surface area contributed by atoms with Crippen molar-refractivity contribution in [2.45, 2.75) is 91.6 Å². The highest BCUT2D eigenvalue weighted by atomic mass is 19.4. The van der Waals surface area contributed by atoms with Gasteiger partial charge in [0.2, 0.25) is 0 Å². The van der Waals surface area contributed by atoms with E-state index >= 15 is 0 Å². The third-order valence-electron chi connectivity index (χ3n) is 6.22. The van der Waals surface area contributed by atoms with Crippen LogP contribution >= 0.6 is 0 Å². The lowest BCUT2D eigenvalue weighted by Crippen LogP contribution is -2.61. The quantitative estimate of drug-likeness (QED) is 0.197. The van der Waals surface area contributed by atoms with Crippen molar-refractivity contribution in [2.75, 3.05) is 0 Å². The van der Waals surface area contributed by atoms with Crippen LogP contribution in [0.2, 0.25) is 0 Å². The molecule has 0 aromatic heterocycles. The van der Waals surface area contributed by atoms with Crippen molar-refractivity contribution in [1.29, 1.82) is 0 Å². The highest BCUT2D eigenvalue weighted by Crippen LogP contribution is 2.63. The van der Waals surface area contributed by atoms with Gasteiger partial charge in [-0.25, -0.2) is 0 Å². The van der Waals surface area contributed by atoms with Gasteiger partial charge in [0.05, 0.1) is 0 Å². The summed E-state index contributed by atoms with van der Waals surface area (Å²) in [6, 6.07) is -4.27. The van der Waals surface area contributed by atoms with E-state index in [9.17, 15) is 119 Å². The van der Waals surface area contributed by atoms with Gasteiger partial charge in [-0.2, -0.15) is 119 Å². The average Bonchev–Trinajstić information content (AvgIpc) is 2.85. The van der Waals surface area contributed by atoms with Crippen LogP contribution in [-0.2, 0) is 24.2 Å². The second-order valence-electron chi connectivity index (χ2n) is 9.46. The van der Waals surface area contributed by atoms with Crippen molar-refractivity contribution >= 4 is 0 Å². The van der Waals surface area contributed by atoms with Gasteiger partial charge in [0.1, 0.15) is 0 Å². The lowest BCUT2D eigenvalue weighted by atomic mass is 9.81. The molecule has 0 nitrogen and oxygen atoms in total. The molecule has 0 N–H and O–H groups in total. The second-order valence-corrected chi connectivity index (χ2v) is 9.46. The van der Waals surface area contributed by atoms with E-state index in [-0.39, 0.29) is 0 Å². The summed E-state index contributed by atoms with van der Waals surface area (Å²) in [5.74, 6) is -73.2. The Morgan fingerprint density at radius 3 is 0.792 bits per heavy atom. The molecule has 48 heavy (non-hydrogen) atoms. The molecule has 0 heterocycles. The molecule has 0 aliphatic rings. The van der Waals surface area contributed by atoms with Crippen LogP contribution in [0.25, 0.3) is 0 Å². The normalized spacial score (nSPS) is 16.1. The molecule has 0 bridgehead atoms. The molecule has 0 radical (unpaired) electrons. The molecular formula is C21H9F27. The lowest BCUT2D eigenvalue weighted by Gasteiger charge is -2.39. The minimum Gasteiger partial charge on any atom is -0.194 e. The van der Waals surface area contributed by atoms with Crippen LogP contribution in [0, 0.1) is 0 Å². The fourth-order valence-corrected chi connectivity index (χ4v) is 3.58. The first kappa shape index (κ1) is 43.4. The Hall–Kier alpha value is -2.67. The van der Waals surface area contributed by atoms with E-state index in [1.807, 2.05) is 0 Å². The zero-order valence-corrected chi connectivity index (χ0v) is 21.8. The summed E-state index contributed by atoms with van der Waals surface area (Å²) >= 11 is 0. The Kier molecular flexibility index (Phi) is 10.3. The smallest absolute Gasteiger partial charge is 0.194 e. The molecule has 0 aliphatic carbocycles. The largest absolute Gasteiger partial charge is 0.460 e. The number of halogens is 27. The molecule has 0 saturated heterocycles. The first-order valence-electron chi connectivity index (χ1n) is 11.3. The summed E-state index contributed by atoms with van der Waals surface area (Å²) in [5.41, 5.74) is -15.8. The molecule has 282 valence electrons. The van der Waals surface area contributed by atoms with Crippen molar-refractivity contribution in [1.82, 2.24) is 0 Å². The third kappa shape index (κ3) is 5.84. The molecule has 0 aliphatic heterocycles. The molecule has 27 heteroatoms. The first-order chi connectivity index (χ1) is 20.5. The Labute approximate surface area is 245 Å². The topological polar surface area (TPSA) is 0 Å². The van der Waals surface area contributed by atoms with Crippen LogP contribution in [-0.4, -0.2) is 54.1 Å². The maximum Gasteiger partial charge on any atom is 0.460 e. The van der Waals surface area contributed by atoms with Crippen molar-refractivity contribution < 1.29 is 119 Å². The van der Waals surface area contributed by atoms with E-state index < -0.39 is 119 Å². The SMILES string of the molecule is CCCc1c(C(F)(F)C(F)(F)C(F)(F)C(F)(F)F)cc(C(F)(F)C(F)(F)C(F)(F)C(F)(F)F)cc1C(F)(F)C(F)(F)C(F)(F)C(F)(F)F. The molecule has 0 atom stereocenters.